The van der Waals surface area contributed by atoms with Crippen LogP contribution in [0.5, 0.6) is 0 Å². The van der Waals surface area contributed by atoms with Gasteiger partial charge in [-0.25, -0.2) is 0 Å². The molecule has 6 aromatic carbocycles. The van der Waals surface area contributed by atoms with Gasteiger partial charge in [-0.15, -0.1) is 0 Å². The van der Waals surface area contributed by atoms with Crippen molar-refractivity contribution in [3.05, 3.63) is 126 Å². The van der Waals surface area contributed by atoms with E-state index in [-0.39, 0.29) is 24.8 Å². The predicted molar refractivity (Wildman–Crippen MR) is 140 cm³/mol. The Labute approximate surface area is 238 Å². The van der Waals surface area contributed by atoms with Crippen LogP contribution >= 0.6 is 0 Å². The molecule has 0 N–H and O–H groups in total. The summed E-state index contributed by atoms with van der Waals surface area (Å²) in [6.07, 6.45) is 1.03. The Balaban J connectivity index is 0.00000133. The van der Waals surface area contributed by atoms with Gasteiger partial charge in [0.15, 0.2) is 0 Å². The summed E-state index contributed by atoms with van der Waals surface area (Å²) < 4.78 is 1.54. The Morgan fingerprint density at radius 3 is 1.75 bits per heavy atom. The molecule has 6 aromatic rings. The van der Waals surface area contributed by atoms with E-state index in [0.717, 1.165) is 30.8 Å². The molecule has 0 saturated carbocycles. The molecule has 0 atom stereocenters. The van der Waals surface area contributed by atoms with Crippen LogP contribution in [-0.2, 0) is 30.8 Å². The topological polar surface area (TPSA) is 0 Å². The van der Waals surface area contributed by atoms with Gasteiger partial charge in [-0.1, -0.05) is 0 Å². The van der Waals surface area contributed by atoms with Crippen molar-refractivity contribution in [1.82, 2.24) is 0 Å². The summed E-state index contributed by atoms with van der Waals surface area (Å²) >= 11 is 1.03. The molecule has 36 heavy (non-hydrogen) atoms. The molecule has 0 aliphatic heterocycles. The van der Waals surface area contributed by atoms with Crippen molar-refractivity contribution < 1.29 is 49.2 Å². The van der Waals surface area contributed by atoms with E-state index in [1.54, 1.807) is 0 Å². The van der Waals surface area contributed by atoms with E-state index in [9.17, 15) is 0 Å². The first-order valence-electron chi connectivity index (χ1n) is 11.7. The summed E-state index contributed by atoms with van der Waals surface area (Å²) in [6, 6.07) is 42.5. The third-order valence-corrected chi connectivity index (χ3v) is 9.31. The first-order chi connectivity index (χ1) is 16.8. The Hall–Kier alpha value is -2.71. The molecular weight excluding hydrogens is 646 g/mol. The van der Waals surface area contributed by atoms with Crippen molar-refractivity contribution >= 4 is 24.9 Å². The third-order valence-electron chi connectivity index (χ3n) is 7.26. The standard InChI is InChI=1S/C33H21.2ClH.Hf/c1-3-11-28-22(7-1)9-5-13-30(28)24-15-17-32-26(19-24)21-27-20-25(16-18-33(27)32)31-14-6-10-23-8-2-4-12-29(23)31;;;/h1-19H,21H2;2*1H;/q;;;+2/p-2. The van der Waals surface area contributed by atoms with E-state index >= 15 is 0 Å². The number of rotatable bonds is 2. The van der Waals surface area contributed by atoms with Gasteiger partial charge in [-0.3, -0.25) is 0 Å². The second kappa shape index (κ2) is 9.98. The molecule has 0 saturated heterocycles. The second-order valence-corrected chi connectivity index (χ2v) is 10.9. The van der Waals surface area contributed by atoms with Crippen molar-refractivity contribution in [2.45, 2.75) is 6.42 Å². The zero-order valence-electron chi connectivity index (χ0n) is 19.4. The van der Waals surface area contributed by atoms with E-state index in [2.05, 4.69) is 115 Å². The van der Waals surface area contributed by atoms with Gasteiger partial charge >= 0.3 is 215 Å². The molecule has 3 heteroatoms. The molecule has 0 aromatic heterocycles. The fourth-order valence-electron chi connectivity index (χ4n) is 5.61. The molecule has 0 bridgehead atoms. The molecule has 0 radical (unpaired) electrons. The average Bonchev–Trinajstić information content (AvgIpc) is 3.27. The van der Waals surface area contributed by atoms with Gasteiger partial charge in [-0.2, -0.15) is 0 Å². The van der Waals surface area contributed by atoms with Crippen LogP contribution < -0.4 is 28.1 Å². The number of hydrogen-bond acceptors (Lipinski definition) is 0. The monoisotopic (exact) mass is 667 g/mol. The Bertz CT molecular complexity index is 1740. The fraction of sp³-hybridized carbons (Fsp3) is 0.0303. The van der Waals surface area contributed by atoms with Crippen molar-refractivity contribution in [1.29, 1.82) is 0 Å². The van der Waals surface area contributed by atoms with Crippen molar-refractivity contribution in [2.24, 2.45) is 0 Å². The Morgan fingerprint density at radius 1 is 0.472 bits per heavy atom. The number of halogens is 2. The first-order valence-corrected chi connectivity index (χ1v) is 13.5. The van der Waals surface area contributed by atoms with Crippen molar-refractivity contribution in [2.75, 3.05) is 0 Å². The van der Waals surface area contributed by atoms with Gasteiger partial charge in [-0.05, 0) is 0 Å². The minimum absolute atomic E-state index is 0. The summed E-state index contributed by atoms with van der Waals surface area (Å²) in [5, 5.41) is 5.27. The van der Waals surface area contributed by atoms with E-state index < -0.39 is 0 Å². The summed E-state index contributed by atoms with van der Waals surface area (Å²) in [5.41, 5.74) is 11.2. The van der Waals surface area contributed by atoms with Gasteiger partial charge in [0.1, 0.15) is 0 Å². The molecule has 1 aliphatic rings. The molecule has 0 amide bonds. The number of fused-ring (bicyclic) bond motifs is 5. The van der Waals surface area contributed by atoms with Gasteiger partial charge in [0, 0.05) is 0 Å². The van der Waals surface area contributed by atoms with Crippen molar-refractivity contribution in [3.8, 4) is 33.4 Å². The van der Waals surface area contributed by atoms with Crippen molar-refractivity contribution in [3.63, 3.8) is 0 Å². The quantitative estimate of drug-likeness (QED) is 0.248. The molecule has 0 heterocycles. The van der Waals surface area contributed by atoms with Crippen LogP contribution in [0.2, 0.25) is 0 Å². The molecular formula is C33H21Cl2Hf. The Morgan fingerprint density at radius 2 is 1.03 bits per heavy atom. The molecule has 7 rings (SSSR count). The van der Waals surface area contributed by atoms with E-state index in [1.807, 2.05) is 0 Å². The molecule has 0 spiro atoms. The van der Waals surface area contributed by atoms with E-state index in [1.165, 1.54) is 69.4 Å². The molecule has 1 aliphatic carbocycles. The van der Waals surface area contributed by atoms with Crippen LogP contribution in [0.3, 0.4) is 0 Å². The van der Waals surface area contributed by atoms with Gasteiger partial charge in [0.25, 0.3) is 0 Å². The maximum absolute atomic E-state index is 2.43. The summed E-state index contributed by atoms with van der Waals surface area (Å²) in [7, 11) is 0. The number of benzene rings is 6. The zero-order valence-corrected chi connectivity index (χ0v) is 24.5. The molecule has 0 fully saturated rings. The fourth-order valence-corrected chi connectivity index (χ4v) is 7.19. The maximum atomic E-state index is 2.43. The van der Waals surface area contributed by atoms with Crippen LogP contribution in [-0.4, -0.2) is 0 Å². The van der Waals surface area contributed by atoms with Crippen LogP contribution in [0.4, 0.5) is 0 Å². The normalized spacial score (nSPS) is 11.5. The van der Waals surface area contributed by atoms with E-state index in [4.69, 9.17) is 0 Å². The molecule has 0 nitrogen and oxygen atoms in total. The predicted octanol–water partition coefficient (Wildman–Crippen LogP) is 2.08. The zero-order chi connectivity index (χ0) is 22.6. The van der Waals surface area contributed by atoms with Gasteiger partial charge < -0.3 is 24.8 Å². The SMILES string of the molecule is [Cl-].[Cl-].[Hf+2][c]1c(-c2cccc3ccccc23)ccc2c1Cc1cc(-c3cccc4ccccc34)ccc1-2. The summed E-state index contributed by atoms with van der Waals surface area (Å²) in [6.45, 7) is 0. The van der Waals surface area contributed by atoms with Crippen LogP contribution in [0.1, 0.15) is 11.1 Å². The second-order valence-electron chi connectivity index (χ2n) is 9.12. The molecule has 0 unspecified atom stereocenters. The Kier molecular flexibility index (Phi) is 6.92. The van der Waals surface area contributed by atoms with Gasteiger partial charge in [0.2, 0.25) is 0 Å². The van der Waals surface area contributed by atoms with Gasteiger partial charge in [0.05, 0.1) is 0 Å². The van der Waals surface area contributed by atoms with E-state index in [0.29, 0.717) is 0 Å². The first kappa shape index (κ1) is 25.0. The summed E-state index contributed by atoms with van der Waals surface area (Å²) in [4.78, 5) is 0. The van der Waals surface area contributed by atoms with Crippen LogP contribution in [0.25, 0.3) is 54.9 Å². The summed E-state index contributed by atoms with van der Waals surface area (Å²) in [5.74, 6) is 0. The van der Waals surface area contributed by atoms with Crippen LogP contribution in [0.15, 0.2) is 115 Å². The average molecular weight is 667 g/mol. The molecule has 171 valence electrons. The third kappa shape index (κ3) is 3.95. The number of hydrogen-bond donors (Lipinski definition) is 0. The minimum atomic E-state index is 0. The van der Waals surface area contributed by atoms with Crippen LogP contribution in [0, 0.1) is 0 Å².